The molecular formula is C6H10ClNO. The fourth-order valence-electron chi connectivity index (χ4n) is 0.246. The average molecular weight is 148 g/mol. The van der Waals surface area contributed by atoms with Crippen molar-refractivity contribution >= 4 is 17.3 Å². The van der Waals surface area contributed by atoms with E-state index in [2.05, 4.69) is 5.16 Å². The molecule has 0 rings (SSSR count). The van der Waals surface area contributed by atoms with Crippen LogP contribution in [0.5, 0.6) is 0 Å². The van der Waals surface area contributed by atoms with Gasteiger partial charge < -0.3 is 4.84 Å². The molecule has 0 aliphatic carbocycles. The average Bonchev–Trinajstić information content (AvgIpc) is 1.80. The van der Waals surface area contributed by atoms with Crippen molar-refractivity contribution < 1.29 is 4.84 Å². The molecule has 9 heavy (non-hydrogen) atoms. The zero-order chi connectivity index (χ0) is 7.11. The van der Waals surface area contributed by atoms with Crippen LogP contribution in [0.25, 0.3) is 0 Å². The highest BCUT2D eigenvalue weighted by molar-refractivity contribution is 6.25. The van der Waals surface area contributed by atoms with E-state index in [0.29, 0.717) is 6.61 Å². The zero-order valence-corrected chi connectivity index (χ0v) is 6.35. The van der Waals surface area contributed by atoms with Gasteiger partial charge in [0.05, 0.1) is 5.71 Å². The number of halogens is 1. The molecule has 2 nitrogen and oxygen atoms in total. The molecule has 0 amide bonds. The van der Waals surface area contributed by atoms with Gasteiger partial charge in [0.1, 0.15) is 6.61 Å². The van der Waals surface area contributed by atoms with E-state index in [1.165, 1.54) is 5.54 Å². The lowest BCUT2D eigenvalue weighted by molar-refractivity contribution is 0.174. The maximum absolute atomic E-state index is 5.21. The highest BCUT2D eigenvalue weighted by Crippen LogP contribution is 1.82. The van der Waals surface area contributed by atoms with Gasteiger partial charge in [-0.15, -0.1) is 0 Å². The minimum absolute atomic E-state index is 0.439. The second kappa shape index (κ2) is 5.63. The lowest BCUT2D eigenvalue weighted by Gasteiger charge is -1.91. The molecule has 0 heterocycles. The van der Waals surface area contributed by atoms with Gasteiger partial charge in [-0.3, -0.25) is 0 Å². The van der Waals surface area contributed by atoms with Gasteiger partial charge in [-0.1, -0.05) is 16.8 Å². The van der Waals surface area contributed by atoms with Crippen molar-refractivity contribution in [1.82, 2.24) is 0 Å². The molecule has 0 aliphatic rings. The molecule has 3 heteroatoms. The van der Waals surface area contributed by atoms with Crippen LogP contribution in [0, 0.1) is 0 Å². The van der Waals surface area contributed by atoms with Crippen molar-refractivity contribution in [1.29, 1.82) is 0 Å². The molecule has 52 valence electrons. The van der Waals surface area contributed by atoms with Gasteiger partial charge in [-0.2, -0.15) is 0 Å². The molecular weight excluding hydrogens is 138 g/mol. The summed E-state index contributed by atoms with van der Waals surface area (Å²) in [5.74, 6) is 0. The van der Waals surface area contributed by atoms with E-state index in [1.807, 2.05) is 13.8 Å². The molecule has 0 N–H and O–H groups in total. The van der Waals surface area contributed by atoms with Crippen LogP contribution in [0.2, 0.25) is 0 Å². The Balaban J connectivity index is 3.20. The largest absolute Gasteiger partial charge is 0.392 e. The summed E-state index contributed by atoms with van der Waals surface area (Å²) in [6, 6.07) is 0. The van der Waals surface area contributed by atoms with E-state index in [0.717, 1.165) is 5.71 Å². The molecule has 0 aromatic heterocycles. The van der Waals surface area contributed by atoms with E-state index in [1.54, 1.807) is 6.08 Å². The first-order valence-corrected chi connectivity index (χ1v) is 3.09. The van der Waals surface area contributed by atoms with Crippen molar-refractivity contribution in [3.8, 4) is 0 Å². The van der Waals surface area contributed by atoms with Crippen LogP contribution in [-0.2, 0) is 4.84 Å². The first kappa shape index (κ1) is 8.50. The summed E-state index contributed by atoms with van der Waals surface area (Å²) in [6.45, 7) is 4.17. The lowest BCUT2D eigenvalue weighted by Crippen LogP contribution is -1.86. The third kappa shape index (κ3) is 7.50. The second-order valence-electron chi connectivity index (χ2n) is 1.70. The van der Waals surface area contributed by atoms with Crippen LogP contribution >= 0.6 is 11.6 Å². The molecule has 0 fully saturated rings. The van der Waals surface area contributed by atoms with Crippen LogP contribution in [-0.4, -0.2) is 12.3 Å². The summed E-state index contributed by atoms with van der Waals surface area (Å²) < 4.78 is 0. The smallest absolute Gasteiger partial charge is 0.136 e. The zero-order valence-electron chi connectivity index (χ0n) is 5.60. The topological polar surface area (TPSA) is 21.6 Å². The Labute approximate surface area is 60.1 Å². The molecule has 0 unspecified atom stereocenters. The quantitative estimate of drug-likeness (QED) is 0.341. The number of hydrogen-bond acceptors (Lipinski definition) is 2. The maximum atomic E-state index is 5.21. The Morgan fingerprint density at radius 1 is 1.67 bits per heavy atom. The molecule has 0 atom stereocenters. The summed E-state index contributed by atoms with van der Waals surface area (Å²) in [5.41, 5.74) is 2.30. The van der Waals surface area contributed by atoms with E-state index in [9.17, 15) is 0 Å². The first-order valence-electron chi connectivity index (χ1n) is 2.65. The Morgan fingerprint density at radius 2 is 2.33 bits per heavy atom. The Bertz CT molecular complexity index is 116. The lowest BCUT2D eigenvalue weighted by atomic mass is 10.5. The summed E-state index contributed by atoms with van der Waals surface area (Å²) >= 11 is 5.21. The second-order valence-corrected chi connectivity index (χ2v) is 1.95. The van der Waals surface area contributed by atoms with Gasteiger partial charge in [0, 0.05) is 5.54 Å². The van der Waals surface area contributed by atoms with Gasteiger partial charge in [0.2, 0.25) is 0 Å². The van der Waals surface area contributed by atoms with Gasteiger partial charge in [0.15, 0.2) is 0 Å². The molecule has 0 aromatic rings. The molecule has 0 saturated heterocycles. The maximum Gasteiger partial charge on any atom is 0.136 e. The van der Waals surface area contributed by atoms with Crippen molar-refractivity contribution in [2.75, 3.05) is 6.61 Å². The van der Waals surface area contributed by atoms with Crippen LogP contribution < -0.4 is 0 Å². The van der Waals surface area contributed by atoms with E-state index in [-0.39, 0.29) is 0 Å². The SMILES string of the molecule is CC(C)=NOC/C=C/Cl. The van der Waals surface area contributed by atoms with Crippen molar-refractivity contribution in [2.45, 2.75) is 13.8 Å². The molecule has 0 saturated carbocycles. The summed E-state index contributed by atoms with van der Waals surface area (Å²) in [4.78, 5) is 4.75. The van der Waals surface area contributed by atoms with Crippen LogP contribution in [0.1, 0.15) is 13.8 Å². The standard InChI is InChI=1S/C6H10ClNO/c1-6(2)8-9-5-3-4-7/h3-4H,5H2,1-2H3/b4-3+. The van der Waals surface area contributed by atoms with E-state index >= 15 is 0 Å². The number of hydrogen-bond donors (Lipinski definition) is 0. The minimum Gasteiger partial charge on any atom is -0.392 e. The summed E-state index contributed by atoms with van der Waals surface area (Å²) in [5, 5.41) is 3.67. The van der Waals surface area contributed by atoms with Gasteiger partial charge in [-0.25, -0.2) is 0 Å². The van der Waals surface area contributed by atoms with Crippen LogP contribution in [0.3, 0.4) is 0 Å². The van der Waals surface area contributed by atoms with Crippen LogP contribution in [0.15, 0.2) is 16.8 Å². The number of oxime groups is 1. The van der Waals surface area contributed by atoms with Crippen molar-refractivity contribution in [3.63, 3.8) is 0 Å². The van der Waals surface area contributed by atoms with Crippen molar-refractivity contribution in [2.24, 2.45) is 5.16 Å². The first-order chi connectivity index (χ1) is 4.27. The predicted molar refractivity (Wildman–Crippen MR) is 39.7 cm³/mol. The van der Waals surface area contributed by atoms with Gasteiger partial charge >= 0.3 is 0 Å². The highest BCUT2D eigenvalue weighted by atomic mass is 35.5. The Kier molecular flexibility index (Phi) is 5.32. The number of rotatable bonds is 3. The Morgan fingerprint density at radius 3 is 2.78 bits per heavy atom. The molecule has 0 bridgehead atoms. The van der Waals surface area contributed by atoms with Crippen molar-refractivity contribution in [3.05, 3.63) is 11.6 Å². The highest BCUT2D eigenvalue weighted by Gasteiger charge is 1.76. The summed E-state index contributed by atoms with van der Waals surface area (Å²) in [6.07, 6.45) is 1.67. The molecule has 0 aromatic carbocycles. The predicted octanol–water partition coefficient (Wildman–Crippen LogP) is 2.15. The molecule has 0 radical (unpaired) electrons. The van der Waals surface area contributed by atoms with Gasteiger partial charge in [-0.05, 0) is 19.9 Å². The Hall–Kier alpha value is -0.500. The molecule has 0 spiro atoms. The fraction of sp³-hybridized carbons (Fsp3) is 0.500. The third-order valence-electron chi connectivity index (χ3n) is 0.507. The van der Waals surface area contributed by atoms with Gasteiger partial charge in [0.25, 0.3) is 0 Å². The number of nitrogens with zero attached hydrogens (tertiary/aromatic N) is 1. The van der Waals surface area contributed by atoms with E-state index < -0.39 is 0 Å². The third-order valence-corrected chi connectivity index (χ3v) is 0.685. The summed E-state index contributed by atoms with van der Waals surface area (Å²) in [7, 11) is 0. The van der Waals surface area contributed by atoms with E-state index in [4.69, 9.17) is 16.4 Å². The normalized spacial score (nSPS) is 9.67. The van der Waals surface area contributed by atoms with Crippen LogP contribution in [0.4, 0.5) is 0 Å². The molecule has 0 aliphatic heterocycles. The fourth-order valence-corrected chi connectivity index (χ4v) is 0.319. The monoisotopic (exact) mass is 147 g/mol. The minimum atomic E-state index is 0.439.